The third kappa shape index (κ3) is 2.09. The van der Waals surface area contributed by atoms with Crippen LogP contribution in [0.1, 0.15) is 36.3 Å². The number of nitrogens with zero attached hydrogens (tertiary/aromatic N) is 1. The van der Waals surface area contributed by atoms with Crippen LogP contribution >= 0.6 is 11.8 Å². The van der Waals surface area contributed by atoms with Gasteiger partial charge < -0.3 is 4.90 Å². The molecule has 2 nitrogen and oxygen atoms in total. The van der Waals surface area contributed by atoms with E-state index in [9.17, 15) is 4.79 Å². The molecule has 1 aromatic rings. The van der Waals surface area contributed by atoms with E-state index in [1.807, 2.05) is 11.9 Å². The molecule has 1 aliphatic heterocycles. The normalized spacial score (nSPS) is 20.9. The molecule has 1 atom stereocenters. The Hall–Kier alpha value is -0.960. The first kappa shape index (κ1) is 11.5. The van der Waals surface area contributed by atoms with Crippen molar-refractivity contribution in [1.82, 2.24) is 4.90 Å². The zero-order chi connectivity index (χ0) is 11.7. The van der Waals surface area contributed by atoms with Crippen LogP contribution in [0.3, 0.4) is 0 Å². The van der Waals surface area contributed by atoms with Gasteiger partial charge in [-0.1, -0.05) is 38.1 Å². The summed E-state index contributed by atoms with van der Waals surface area (Å²) in [6.07, 6.45) is 0. The highest BCUT2D eigenvalue weighted by Crippen LogP contribution is 2.37. The lowest BCUT2D eigenvalue weighted by Crippen LogP contribution is -2.22. The van der Waals surface area contributed by atoms with Gasteiger partial charge in [0.1, 0.15) is 5.37 Å². The quantitative estimate of drug-likeness (QED) is 0.785. The molecule has 1 heterocycles. The largest absolute Gasteiger partial charge is 0.329 e. The minimum absolute atomic E-state index is 0.203. The van der Waals surface area contributed by atoms with Crippen LogP contribution in [0.2, 0.25) is 0 Å². The van der Waals surface area contributed by atoms with Crippen molar-refractivity contribution in [3.8, 4) is 0 Å². The van der Waals surface area contributed by atoms with E-state index < -0.39 is 0 Å². The van der Waals surface area contributed by atoms with E-state index >= 15 is 0 Å². The number of hydrogen-bond acceptors (Lipinski definition) is 2. The van der Waals surface area contributed by atoms with Gasteiger partial charge in [0.15, 0.2) is 0 Å². The van der Waals surface area contributed by atoms with E-state index in [2.05, 4.69) is 38.1 Å². The summed E-state index contributed by atoms with van der Waals surface area (Å²) in [7, 11) is 1.88. The standard InChI is InChI=1S/C13H17NOS/c1-9(2)10-4-6-11(7-5-10)13-14(3)12(15)8-16-13/h4-7,9,13H,8H2,1-3H3. The minimum Gasteiger partial charge on any atom is -0.329 e. The lowest BCUT2D eigenvalue weighted by atomic mass is 10.0. The van der Waals surface area contributed by atoms with E-state index in [-0.39, 0.29) is 11.3 Å². The van der Waals surface area contributed by atoms with Crippen molar-refractivity contribution in [2.75, 3.05) is 12.8 Å². The van der Waals surface area contributed by atoms with Crippen molar-refractivity contribution in [3.63, 3.8) is 0 Å². The summed E-state index contributed by atoms with van der Waals surface area (Å²) in [5.74, 6) is 1.39. The molecule has 1 unspecified atom stereocenters. The van der Waals surface area contributed by atoms with E-state index in [1.54, 1.807) is 11.8 Å². The maximum atomic E-state index is 11.4. The third-order valence-corrected chi connectivity index (χ3v) is 4.32. The number of thioether (sulfide) groups is 1. The lowest BCUT2D eigenvalue weighted by Gasteiger charge is -2.19. The van der Waals surface area contributed by atoms with Gasteiger partial charge in [0, 0.05) is 7.05 Å². The van der Waals surface area contributed by atoms with Crippen LogP contribution in [0.25, 0.3) is 0 Å². The second-order valence-electron chi connectivity index (χ2n) is 4.49. The predicted molar refractivity (Wildman–Crippen MR) is 68.5 cm³/mol. The van der Waals surface area contributed by atoms with Crippen LogP contribution in [-0.2, 0) is 4.79 Å². The molecule has 0 radical (unpaired) electrons. The number of benzene rings is 1. The van der Waals surface area contributed by atoms with E-state index in [1.165, 1.54) is 11.1 Å². The SMILES string of the molecule is CC(C)c1ccc(C2SCC(=O)N2C)cc1. The molecule has 1 aliphatic rings. The molecule has 1 aromatic carbocycles. The lowest BCUT2D eigenvalue weighted by molar-refractivity contribution is -0.126. The van der Waals surface area contributed by atoms with Crippen molar-refractivity contribution in [2.24, 2.45) is 0 Å². The smallest absolute Gasteiger partial charge is 0.233 e. The molecule has 16 heavy (non-hydrogen) atoms. The fraction of sp³-hybridized carbons (Fsp3) is 0.462. The molecule has 0 spiro atoms. The van der Waals surface area contributed by atoms with Crippen LogP contribution in [0.4, 0.5) is 0 Å². The summed E-state index contributed by atoms with van der Waals surface area (Å²) in [5.41, 5.74) is 2.57. The molecule has 0 N–H and O–H groups in total. The second kappa shape index (κ2) is 4.50. The highest BCUT2D eigenvalue weighted by molar-refractivity contribution is 8.00. The summed E-state index contributed by atoms with van der Waals surface area (Å²) in [4.78, 5) is 13.3. The van der Waals surface area contributed by atoms with Gasteiger partial charge in [0.25, 0.3) is 0 Å². The molecule has 3 heteroatoms. The van der Waals surface area contributed by atoms with Gasteiger partial charge in [0.05, 0.1) is 5.75 Å². The Kier molecular flexibility index (Phi) is 3.24. The van der Waals surface area contributed by atoms with Crippen LogP contribution < -0.4 is 0 Å². The monoisotopic (exact) mass is 235 g/mol. The van der Waals surface area contributed by atoms with E-state index in [0.717, 1.165) is 0 Å². The van der Waals surface area contributed by atoms with Crippen molar-refractivity contribution >= 4 is 17.7 Å². The molecule has 0 aliphatic carbocycles. The maximum Gasteiger partial charge on any atom is 0.233 e. The Morgan fingerprint density at radius 3 is 2.38 bits per heavy atom. The van der Waals surface area contributed by atoms with Gasteiger partial charge in [-0.15, -0.1) is 11.8 Å². The van der Waals surface area contributed by atoms with E-state index in [4.69, 9.17) is 0 Å². The van der Waals surface area contributed by atoms with Gasteiger partial charge in [-0.05, 0) is 17.0 Å². The van der Waals surface area contributed by atoms with E-state index in [0.29, 0.717) is 11.7 Å². The van der Waals surface area contributed by atoms with Gasteiger partial charge in [-0.25, -0.2) is 0 Å². The first-order valence-corrected chi connectivity index (χ1v) is 6.61. The Morgan fingerprint density at radius 1 is 1.31 bits per heavy atom. The van der Waals surface area contributed by atoms with Crippen molar-refractivity contribution < 1.29 is 4.79 Å². The zero-order valence-corrected chi connectivity index (χ0v) is 10.8. The van der Waals surface area contributed by atoms with Crippen LogP contribution in [0, 0.1) is 0 Å². The van der Waals surface area contributed by atoms with Crippen LogP contribution in [-0.4, -0.2) is 23.6 Å². The molecule has 0 bridgehead atoms. The summed E-state index contributed by atoms with van der Waals surface area (Å²) >= 11 is 1.70. The molecule has 0 aromatic heterocycles. The summed E-state index contributed by atoms with van der Waals surface area (Å²) in [5, 5.41) is 0.203. The fourth-order valence-electron chi connectivity index (χ4n) is 1.86. The minimum atomic E-state index is 0.203. The average molecular weight is 235 g/mol. The molecule has 0 saturated carbocycles. The summed E-state index contributed by atoms with van der Waals surface area (Å²) in [6.45, 7) is 4.38. The first-order chi connectivity index (χ1) is 7.59. The molecular weight excluding hydrogens is 218 g/mol. The number of amides is 1. The van der Waals surface area contributed by atoms with Crippen LogP contribution in [0.5, 0.6) is 0 Å². The summed E-state index contributed by atoms with van der Waals surface area (Å²) < 4.78 is 0. The number of carbonyl (C=O) groups is 1. The van der Waals surface area contributed by atoms with Gasteiger partial charge in [-0.2, -0.15) is 0 Å². The van der Waals surface area contributed by atoms with Crippen molar-refractivity contribution in [2.45, 2.75) is 25.1 Å². The summed E-state index contributed by atoms with van der Waals surface area (Å²) in [6, 6.07) is 8.61. The molecular formula is C13H17NOS. The predicted octanol–water partition coefficient (Wildman–Crippen LogP) is 3.01. The Morgan fingerprint density at radius 2 is 1.94 bits per heavy atom. The second-order valence-corrected chi connectivity index (χ2v) is 5.56. The zero-order valence-electron chi connectivity index (χ0n) is 9.93. The van der Waals surface area contributed by atoms with Gasteiger partial charge in [-0.3, -0.25) is 4.79 Å². The molecule has 86 valence electrons. The highest BCUT2D eigenvalue weighted by atomic mass is 32.2. The fourth-order valence-corrected chi connectivity index (χ4v) is 3.05. The van der Waals surface area contributed by atoms with Crippen LogP contribution in [0.15, 0.2) is 24.3 Å². The highest BCUT2D eigenvalue weighted by Gasteiger charge is 2.29. The maximum absolute atomic E-state index is 11.4. The number of hydrogen-bond donors (Lipinski definition) is 0. The van der Waals surface area contributed by atoms with Crippen molar-refractivity contribution in [1.29, 1.82) is 0 Å². The molecule has 1 saturated heterocycles. The number of rotatable bonds is 2. The van der Waals surface area contributed by atoms with Gasteiger partial charge in [0.2, 0.25) is 5.91 Å². The molecule has 1 amide bonds. The molecule has 2 rings (SSSR count). The average Bonchev–Trinajstić information content (AvgIpc) is 2.60. The number of carbonyl (C=O) groups excluding carboxylic acids is 1. The Labute approximate surface area is 101 Å². The molecule has 1 fully saturated rings. The topological polar surface area (TPSA) is 20.3 Å². The third-order valence-electron chi connectivity index (χ3n) is 3.00. The Balaban J connectivity index is 2.19. The Bertz CT molecular complexity index is 385. The van der Waals surface area contributed by atoms with Crippen molar-refractivity contribution in [3.05, 3.63) is 35.4 Å². The first-order valence-electron chi connectivity index (χ1n) is 5.56. The van der Waals surface area contributed by atoms with Gasteiger partial charge >= 0.3 is 0 Å².